The van der Waals surface area contributed by atoms with Crippen LogP contribution >= 0.6 is 11.3 Å². The van der Waals surface area contributed by atoms with Crippen LogP contribution in [0.1, 0.15) is 5.56 Å². The van der Waals surface area contributed by atoms with Gasteiger partial charge in [-0.1, -0.05) is 12.1 Å². The third kappa shape index (κ3) is 3.79. The number of aromatic nitrogens is 2. The second kappa shape index (κ2) is 7.92. The molecule has 0 aliphatic carbocycles. The number of hydrogen-bond acceptors (Lipinski definition) is 4. The summed E-state index contributed by atoms with van der Waals surface area (Å²) in [5, 5.41) is 1.62. The molecule has 0 unspecified atom stereocenters. The van der Waals surface area contributed by atoms with Gasteiger partial charge in [0.1, 0.15) is 22.9 Å². The fourth-order valence-electron chi connectivity index (χ4n) is 3.36. The standard InChI is InChI=1S/C22H17F2N3O3S/c1-13-4-3-5-16(8-13)25(2)19(28)12-26-18-6-7-31-20(18)21(29)27(22(26)30)17-10-14(23)9-15(24)11-17/h3-11H,12H2,1-2H3. The van der Waals surface area contributed by atoms with E-state index < -0.39 is 28.8 Å². The average Bonchev–Trinajstić information content (AvgIpc) is 3.20. The van der Waals surface area contributed by atoms with Gasteiger partial charge in [0.25, 0.3) is 5.56 Å². The summed E-state index contributed by atoms with van der Waals surface area (Å²) in [6, 6.07) is 11.3. The predicted molar refractivity (Wildman–Crippen MR) is 116 cm³/mol. The highest BCUT2D eigenvalue weighted by molar-refractivity contribution is 7.17. The van der Waals surface area contributed by atoms with Crippen LogP contribution in [-0.4, -0.2) is 22.1 Å². The number of fused-ring (bicyclic) bond motifs is 1. The fourth-order valence-corrected chi connectivity index (χ4v) is 4.18. The number of likely N-dealkylation sites (N-methyl/N-ethyl adjacent to an activating group) is 1. The van der Waals surface area contributed by atoms with Crippen molar-refractivity contribution in [3.63, 3.8) is 0 Å². The number of anilines is 1. The summed E-state index contributed by atoms with van der Waals surface area (Å²) in [5.74, 6) is -2.24. The molecule has 0 atom stereocenters. The number of nitrogens with zero attached hydrogens (tertiary/aromatic N) is 3. The van der Waals surface area contributed by atoms with E-state index in [2.05, 4.69) is 0 Å². The number of carbonyl (C=O) groups is 1. The van der Waals surface area contributed by atoms with Crippen molar-refractivity contribution in [1.29, 1.82) is 0 Å². The van der Waals surface area contributed by atoms with Crippen LogP contribution in [0.2, 0.25) is 0 Å². The summed E-state index contributed by atoms with van der Waals surface area (Å²) in [4.78, 5) is 40.4. The molecule has 9 heteroatoms. The molecule has 0 radical (unpaired) electrons. The Bertz CT molecular complexity index is 1420. The molecule has 0 saturated heterocycles. The normalized spacial score (nSPS) is 11.1. The molecule has 0 fully saturated rings. The molecule has 158 valence electrons. The summed E-state index contributed by atoms with van der Waals surface area (Å²) < 4.78 is 29.5. The minimum absolute atomic E-state index is 0.204. The minimum atomic E-state index is -0.922. The fraction of sp³-hybridized carbons (Fsp3) is 0.136. The van der Waals surface area contributed by atoms with Crippen LogP contribution in [0.15, 0.2) is 63.5 Å². The Morgan fingerprint density at radius 3 is 2.45 bits per heavy atom. The van der Waals surface area contributed by atoms with Crippen LogP contribution in [0.5, 0.6) is 0 Å². The molecule has 0 bridgehead atoms. The SMILES string of the molecule is Cc1cccc(N(C)C(=O)Cn2c(=O)n(-c3cc(F)cc(F)c3)c(=O)c3sccc32)c1. The third-order valence-corrected chi connectivity index (χ3v) is 5.81. The summed E-state index contributed by atoms with van der Waals surface area (Å²) >= 11 is 1.08. The first-order valence-corrected chi connectivity index (χ1v) is 10.2. The van der Waals surface area contributed by atoms with Crippen LogP contribution in [0.3, 0.4) is 0 Å². The average molecular weight is 441 g/mol. The van der Waals surface area contributed by atoms with E-state index in [1.165, 1.54) is 4.90 Å². The van der Waals surface area contributed by atoms with Gasteiger partial charge >= 0.3 is 5.69 Å². The van der Waals surface area contributed by atoms with Gasteiger partial charge in [-0.2, -0.15) is 0 Å². The van der Waals surface area contributed by atoms with E-state index >= 15 is 0 Å². The molecule has 4 aromatic rings. The molecule has 4 rings (SSSR count). The van der Waals surface area contributed by atoms with Gasteiger partial charge in [0, 0.05) is 18.8 Å². The Balaban J connectivity index is 1.85. The van der Waals surface area contributed by atoms with E-state index in [9.17, 15) is 23.2 Å². The van der Waals surface area contributed by atoms with Crippen LogP contribution in [0, 0.1) is 18.6 Å². The summed E-state index contributed by atoms with van der Waals surface area (Å²) in [6.45, 7) is 1.55. The molecule has 0 spiro atoms. The Labute approximate surface area is 179 Å². The first kappa shape index (κ1) is 20.7. The molecule has 0 N–H and O–H groups in total. The minimum Gasteiger partial charge on any atom is -0.314 e. The lowest BCUT2D eigenvalue weighted by Gasteiger charge is -2.19. The van der Waals surface area contributed by atoms with Gasteiger partial charge < -0.3 is 4.90 Å². The van der Waals surface area contributed by atoms with E-state index in [4.69, 9.17) is 0 Å². The number of benzene rings is 2. The van der Waals surface area contributed by atoms with Crippen molar-refractivity contribution in [2.75, 3.05) is 11.9 Å². The molecule has 2 aromatic heterocycles. The predicted octanol–water partition coefficient (Wildman–Crippen LogP) is 3.46. The van der Waals surface area contributed by atoms with E-state index in [-0.39, 0.29) is 16.9 Å². The van der Waals surface area contributed by atoms with Gasteiger partial charge in [-0.3, -0.25) is 14.2 Å². The lowest BCUT2D eigenvalue weighted by molar-refractivity contribution is -0.118. The Morgan fingerprint density at radius 2 is 1.77 bits per heavy atom. The molecule has 0 aliphatic rings. The number of hydrogen-bond donors (Lipinski definition) is 0. The number of thiophene rings is 1. The maximum absolute atomic E-state index is 13.7. The molecular weight excluding hydrogens is 424 g/mol. The molecular formula is C22H17F2N3O3S. The highest BCUT2D eigenvalue weighted by Crippen LogP contribution is 2.19. The third-order valence-electron chi connectivity index (χ3n) is 4.92. The molecule has 0 saturated carbocycles. The molecule has 2 heterocycles. The molecule has 31 heavy (non-hydrogen) atoms. The summed E-state index contributed by atoms with van der Waals surface area (Å²) in [5.41, 5.74) is 0.120. The highest BCUT2D eigenvalue weighted by Gasteiger charge is 2.20. The van der Waals surface area contributed by atoms with E-state index in [0.717, 1.165) is 33.6 Å². The first-order chi connectivity index (χ1) is 14.8. The van der Waals surface area contributed by atoms with E-state index in [1.54, 1.807) is 24.6 Å². The van der Waals surface area contributed by atoms with Crippen molar-refractivity contribution in [3.8, 4) is 5.69 Å². The first-order valence-electron chi connectivity index (χ1n) is 9.29. The maximum Gasteiger partial charge on any atom is 0.336 e. The van der Waals surface area contributed by atoms with Gasteiger partial charge in [-0.05, 0) is 48.2 Å². The van der Waals surface area contributed by atoms with Crippen molar-refractivity contribution in [3.05, 3.63) is 91.9 Å². The van der Waals surface area contributed by atoms with Crippen molar-refractivity contribution >= 4 is 33.1 Å². The molecule has 0 aliphatic heterocycles. The zero-order valence-electron chi connectivity index (χ0n) is 16.6. The molecule has 2 aromatic carbocycles. The largest absolute Gasteiger partial charge is 0.336 e. The Hall–Kier alpha value is -3.59. The smallest absolute Gasteiger partial charge is 0.314 e. The molecule has 6 nitrogen and oxygen atoms in total. The molecule has 1 amide bonds. The van der Waals surface area contributed by atoms with Crippen molar-refractivity contribution in [1.82, 2.24) is 9.13 Å². The lowest BCUT2D eigenvalue weighted by Crippen LogP contribution is -2.42. The van der Waals surface area contributed by atoms with Crippen molar-refractivity contribution in [2.24, 2.45) is 0 Å². The number of aryl methyl sites for hydroxylation is 1. The Morgan fingerprint density at radius 1 is 1.06 bits per heavy atom. The lowest BCUT2D eigenvalue weighted by atomic mass is 10.2. The van der Waals surface area contributed by atoms with Crippen LogP contribution in [-0.2, 0) is 11.3 Å². The number of carbonyl (C=O) groups excluding carboxylic acids is 1. The van der Waals surface area contributed by atoms with Gasteiger partial charge in [0.05, 0.1) is 11.2 Å². The summed E-state index contributed by atoms with van der Waals surface area (Å²) in [7, 11) is 1.59. The topological polar surface area (TPSA) is 64.3 Å². The zero-order valence-corrected chi connectivity index (χ0v) is 17.5. The quantitative estimate of drug-likeness (QED) is 0.487. The van der Waals surface area contributed by atoms with Crippen LogP contribution in [0.4, 0.5) is 14.5 Å². The van der Waals surface area contributed by atoms with Gasteiger partial charge in [-0.25, -0.2) is 18.1 Å². The number of amides is 1. The van der Waals surface area contributed by atoms with Gasteiger partial charge in [-0.15, -0.1) is 11.3 Å². The van der Waals surface area contributed by atoms with E-state index in [1.807, 2.05) is 25.1 Å². The van der Waals surface area contributed by atoms with Crippen LogP contribution in [0.25, 0.3) is 15.9 Å². The van der Waals surface area contributed by atoms with Gasteiger partial charge in [0.15, 0.2) is 0 Å². The highest BCUT2D eigenvalue weighted by atomic mass is 32.1. The maximum atomic E-state index is 13.7. The van der Waals surface area contributed by atoms with E-state index in [0.29, 0.717) is 21.8 Å². The Kier molecular flexibility index (Phi) is 5.28. The number of rotatable bonds is 4. The van der Waals surface area contributed by atoms with Gasteiger partial charge in [0.2, 0.25) is 5.91 Å². The zero-order chi connectivity index (χ0) is 22.3. The van der Waals surface area contributed by atoms with Crippen molar-refractivity contribution < 1.29 is 13.6 Å². The second-order valence-electron chi connectivity index (χ2n) is 7.06. The van der Waals surface area contributed by atoms with Crippen LogP contribution < -0.4 is 16.1 Å². The second-order valence-corrected chi connectivity index (χ2v) is 7.98. The summed E-state index contributed by atoms with van der Waals surface area (Å²) in [6.07, 6.45) is 0. The number of halogens is 2. The monoisotopic (exact) mass is 441 g/mol. The van der Waals surface area contributed by atoms with Crippen molar-refractivity contribution in [2.45, 2.75) is 13.5 Å².